The van der Waals surface area contributed by atoms with Gasteiger partial charge in [-0.15, -0.1) is 0 Å². The molecule has 3 aromatic rings. The third-order valence-corrected chi connectivity index (χ3v) is 4.56. The first-order valence-corrected chi connectivity index (χ1v) is 9.32. The maximum Gasteiger partial charge on any atom is 0.258 e. The van der Waals surface area contributed by atoms with Gasteiger partial charge in [0, 0.05) is 0 Å². The molecule has 1 unspecified atom stereocenters. The van der Waals surface area contributed by atoms with Gasteiger partial charge in [0.2, 0.25) is 0 Å². The van der Waals surface area contributed by atoms with Crippen molar-refractivity contribution in [1.29, 1.82) is 0 Å². The van der Waals surface area contributed by atoms with Gasteiger partial charge in [0.25, 0.3) is 5.91 Å². The van der Waals surface area contributed by atoms with Crippen LogP contribution in [-0.2, 0) is 4.79 Å². The highest BCUT2D eigenvalue weighted by molar-refractivity contribution is 5.84. The van der Waals surface area contributed by atoms with Gasteiger partial charge >= 0.3 is 0 Å². The summed E-state index contributed by atoms with van der Waals surface area (Å²) in [6.45, 7) is 0.728. The van der Waals surface area contributed by atoms with Crippen molar-refractivity contribution in [2.45, 2.75) is 12.5 Å². The Balaban J connectivity index is 1.62. The molecule has 0 aliphatic rings. The first-order valence-electron chi connectivity index (χ1n) is 9.32. The van der Waals surface area contributed by atoms with Gasteiger partial charge < -0.3 is 15.0 Å². The zero-order valence-electron chi connectivity index (χ0n) is 16.2. The summed E-state index contributed by atoms with van der Waals surface area (Å²) in [7, 11) is 3.96. The summed E-state index contributed by atoms with van der Waals surface area (Å²) >= 11 is 0. The van der Waals surface area contributed by atoms with E-state index in [-0.39, 0.29) is 24.4 Å². The molecular weight excluding hydrogens is 355 g/mol. The average Bonchev–Trinajstić information content (AvgIpc) is 2.70. The van der Waals surface area contributed by atoms with Crippen molar-refractivity contribution in [3.63, 3.8) is 0 Å². The van der Waals surface area contributed by atoms with Gasteiger partial charge in [0.05, 0.1) is 6.04 Å². The Morgan fingerprint density at radius 3 is 2.46 bits per heavy atom. The number of amides is 1. The normalized spacial score (nSPS) is 12.1. The molecule has 0 radical (unpaired) electrons. The predicted molar refractivity (Wildman–Crippen MR) is 110 cm³/mol. The number of ether oxygens (including phenoxy) is 1. The number of fused-ring (bicyclic) bond motifs is 1. The van der Waals surface area contributed by atoms with E-state index in [1.165, 1.54) is 12.1 Å². The lowest BCUT2D eigenvalue weighted by molar-refractivity contribution is -0.123. The maximum absolute atomic E-state index is 13.2. The molecule has 3 rings (SSSR count). The molecule has 5 heteroatoms. The second-order valence-corrected chi connectivity index (χ2v) is 7.06. The minimum Gasteiger partial charge on any atom is -0.484 e. The monoisotopic (exact) mass is 380 g/mol. The van der Waals surface area contributed by atoms with Crippen LogP contribution in [0.2, 0.25) is 0 Å². The summed E-state index contributed by atoms with van der Waals surface area (Å²) in [5.41, 5.74) is 0.877. The number of nitrogens with zero attached hydrogens (tertiary/aromatic N) is 1. The summed E-state index contributed by atoms with van der Waals surface area (Å²) in [4.78, 5) is 14.5. The van der Waals surface area contributed by atoms with Crippen molar-refractivity contribution in [3.05, 3.63) is 78.1 Å². The zero-order chi connectivity index (χ0) is 19.9. The molecule has 28 heavy (non-hydrogen) atoms. The zero-order valence-corrected chi connectivity index (χ0v) is 16.2. The topological polar surface area (TPSA) is 41.6 Å². The Hall–Kier alpha value is -2.92. The van der Waals surface area contributed by atoms with E-state index in [2.05, 4.69) is 5.32 Å². The van der Waals surface area contributed by atoms with Crippen molar-refractivity contribution >= 4 is 16.7 Å². The van der Waals surface area contributed by atoms with Crippen LogP contribution < -0.4 is 10.1 Å². The molecule has 0 saturated carbocycles. The second kappa shape index (κ2) is 9.33. The van der Waals surface area contributed by atoms with E-state index in [4.69, 9.17) is 4.74 Å². The van der Waals surface area contributed by atoms with E-state index in [0.29, 0.717) is 5.75 Å². The minimum absolute atomic E-state index is 0.0714. The number of benzene rings is 3. The molecule has 1 atom stereocenters. The molecule has 0 aromatic heterocycles. The summed E-state index contributed by atoms with van der Waals surface area (Å²) in [6, 6.07) is 19.8. The van der Waals surface area contributed by atoms with Gasteiger partial charge in [-0.1, -0.05) is 42.5 Å². The summed E-state index contributed by atoms with van der Waals surface area (Å²) in [6.07, 6.45) is 0.723. The Morgan fingerprint density at radius 2 is 1.75 bits per heavy atom. The molecule has 0 saturated heterocycles. The van der Waals surface area contributed by atoms with Crippen molar-refractivity contribution in [2.75, 3.05) is 27.2 Å². The molecule has 1 amide bonds. The highest BCUT2D eigenvalue weighted by Crippen LogP contribution is 2.21. The quantitative estimate of drug-likeness (QED) is 0.638. The molecule has 0 heterocycles. The molecule has 0 aliphatic carbocycles. The Kier molecular flexibility index (Phi) is 6.61. The molecule has 3 aromatic carbocycles. The molecular formula is C23H25FN2O2. The predicted octanol–water partition coefficient (Wildman–Crippen LogP) is 4.17. The van der Waals surface area contributed by atoms with Crippen molar-refractivity contribution in [2.24, 2.45) is 0 Å². The van der Waals surface area contributed by atoms with Crippen molar-refractivity contribution in [3.8, 4) is 5.75 Å². The summed E-state index contributed by atoms with van der Waals surface area (Å²) < 4.78 is 18.9. The van der Waals surface area contributed by atoms with Crippen LogP contribution in [0.15, 0.2) is 66.7 Å². The number of rotatable bonds is 8. The van der Waals surface area contributed by atoms with Gasteiger partial charge in [-0.2, -0.15) is 0 Å². The Morgan fingerprint density at radius 1 is 1.04 bits per heavy atom. The number of hydrogen-bond donors (Lipinski definition) is 1. The largest absolute Gasteiger partial charge is 0.484 e. The molecule has 146 valence electrons. The maximum atomic E-state index is 13.2. The average molecular weight is 380 g/mol. The third kappa shape index (κ3) is 5.54. The highest BCUT2D eigenvalue weighted by Gasteiger charge is 2.15. The second-order valence-electron chi connectivity index (χ2n) is 7.06. The lowest BCUT2D eigenvalue weighted by Crippen LogP contribution is -2.34. The summed E-state index contributed by atoms with van der Waals surface area (Å²) in [5.74, 6) is 0.155. The first-order chi connectivity index (χ1) is 13.5. The molecule has 1 N–H and O–H groups in total. The number of halogens is 1. The van der Waals surface area contributed by atoms with E-state index >= 15 is 0 Å². The van der Waals surface area contributed by atoms with Crippen LogP contribution in [0.1, 0.15) is 18.0 Å². The Bertz CT molecular complexity index is 925. The minimum atomic E-state index is -0.291. The van der Waals surface area contributed by atoms with Crippen LogP contribution >= 0.6 is 0 Å². The smallest absolute Gasteiger partial charge is 0.258 e. The van der Waals surface area contributed by atoms with Gasteiger partial charge in [0.1, 0.15) is 11.6 Å². The number of carbonyl (C=O) groups is 1. The van der Waals surface area contributed by atoms with E-state index < -0.39 is 0 Å². The molecule has 0 spiro atoms. The van der Waals surface area contributed by atoms with Crippen LogP contribution in [-0.4, -0.2) is 38.1 Å². The lowest BCUT2D eigenvalue weighted by Gasteiger charge is -2.21. The standard InChI is InChI=1S/C23H25FN2O2/c1-26(2)14-13-22(18-7-10-20(24)11-8-18)25-23(27)16-28-21-12-9-17-5-3-4-6-19(17)15-21/h3-12,15,22H,13-14,16H2,1-2H3,(H,25,27). The van der Waals surface area contributed by atoms with Crippen molar-refractivity contribution in [1.82, 2.24) is 10.2 Å². The van der Waals surface area contributed by atoms with Gasteiger partial charge in [0.15, 0.2) is 6.61 Å². The SMILES string of the molecule is CN(C)CCC(NC(=O)COc1ccc2ccccc2c1)c1ccc(F)cc1. The fourth-order valence-electron chi connectivity index (χ4n) is 3.05. The molecule has 0 aliphatic heterocycles. The molecule has 0 fully saturated rings. The molecule has 4 nitrogen and oxygen atoms in total. The Labute approximate surface area is 164 Å². The van der Waals surface area contributed by atoms with Crippen molar-refractivity contribution < 1.29 is 13.9 Å². The van der Waals surface area contributed by atoms with E-state index in [9.17, 15) is 9.18 Å². The van der Waals surface area contributed by atoms with E-state index in [1.807, 2.05) is 61.5 Å². The number of nitrogens with one attached hydrogen (secondary N) is 1. The third-order valence-electron chi connectivity index (χ3n) is 4.56. The van der Waals surface area contributed by atoms with Crippen LogP contribution in [0.3, 0.4) is 0 Å². The van der Waals surface area contributed by atoms with Crippen LogP contribution in [0.25, 0.3) is 10.8 Å². The highest BCUT2D eigenvalue weighted by atomic mass is 19.1. The summed E-state index contributed by atoms with van der Waals surface area (Å²) in [5, 5.41) is 5.19. The van der Waals surface area contributed by atoms with E-state index in [1.54, 1.807) is 12.1 Å². The fourth-order valence-corrected chi connectivity index (χ4v) is 3.05. The fraction of sp³-hybridized carbons (Fsp3) is 0.261. The van der Waals surface area contributed by atoms with Gasteiger partial charge in [-0.25, -0.2) is 4.39 Å². The van der Waals surface area contributed by atoms with Crippen LogP contribution in [0.5, 0.6) is 5.75 Å². The number of hydrogen-bond acceptors (Lipinski definition) is 3. The lowest BCUT2D eigenvalue weighted by atomic mass is 10.0. The first kappa shape index (κ1) is 19.8. The van der Waals surface area contributed by atoms with E-state index in [0.717, 1.165) is 29.3 Å². The number of carbonyl (C=O) groups excluding carboxylic acids is 1. The molecule has 0 bridgehead atoms. The van der Waals surface area contributed by atoms with Gasteiger partial charge in [-0.3, -0.25) is 4.79 Å². The van der Waals surface area contributed by atoms with Gasteiger partial charge in [-0.05, 0) is 67.7 Å². The van der Waals surface area contributed by atoms with Crippen LogP contribution in [0.4, 0.5) is 4.39 Å². The van der Waals surface area contributed by atoms with Crippen LogP contribution in [0, 0.1) is 5.82 Å².